The quantitative estimate of drug-likeness (QED) is 0.537. The van der Waals surface area contributed by atoms with Gasteiger partial charge in [-0.05, 0) is 56.4 Å². The summed E-state index contributed by atoms with van der Waals surface area (Å²) in [5.74, 6) is -1.19. The van der Waals surface area contributed by atoms with Crippen LogP contribution >= 0.6 is 0 Å². The van der Waals surface area contributed by atoms with Crippen LogP contribution in [-0.2, 0) is 9.84 Å². The van der Waals surface area contributed by atoms with Crippen molar-refractivity contribution in [1.29, 1.82) is 0 Å². The number of sulfone groups is 1. The van der Waals surface area contributed by atoms with Crippen LogP contribution in [0.3, 0.4) is 0 Å². The lowest BCUT2D eigenvalue weighted by Gasteiger charge is -2.21. The Morgan fingerprint density at radius 2 is 1.91 bits per heavy atom. The van der Waals surface area contributed by atoms with Crippen molar-refractivity contribution >= 4 is 26.7 Å². The minimum Gasteiger partial charge on any atom is -0.294 e. The summed E-state index contributed by atoms with van der Waals surface area (Å²) in [6, 6.07) is 9.85. The summed E-state index contributed by atoms with van der Waals surface area (Å²) < 4.78 is 42.0. The zero-order valence-corrected chi connectivity index (χ0v) is 19.5. The number of hydrogen-bond donors (Lipinski definition) is 0. The number of fused-ring (bicyclic) bond motifs is 1. The maximum atomic E-state index is 15.2. The Kier molecular flexibility index (Phi) is 5.40. The van der Waals surface area contributed by atoms with Crippen molar-refractivity contribution in [2.24, 2.45) is 5.41 Å². The molecule has 0 bridgehead atoms. The number of nitrogens with zero attached hydrogens (tertiary/aromatic N) is 2. The van der Waals surface area contributed by atoms with Crippen molar-refractivity contribution in [3.63, 3.8) is 0 Å². The third kappa shape index (κ3) is 3.92. The SMILES string of the molecule is Cc1cccc(-n2c(=O)n(C(C)C)c3cc(C(=O)C[C@@]4(C)CCS(=O)(=O)C4)c(F)cc32)c1. The van der Waals surface area contributed by atoms with E-state index in [1.54, 1.807) is 17.6 Å². The molecule has 0 spiro atoms. The molecule has 170 valence electrons. The predicted octanol–water partition coefficient (Wildman–Crippen LogP) is 4.22. The van der Waals surface area contributed by atoms with Gasteiger partial charge in [-0.25, -0.2) is 17.6 Å². The van der Waals surface area contributed by atoms with E-state index in [0.29, 0.717) is 23.1 Å². The third-order valence-corrected chi connectivity index (χ3v) is 8.17. The van der Waals surface area contributed by atoms with E-state index >= 15 is 4.39 Å². The van der Waals surface area contributed by atoms with Crippen molar-refractivity contribution in [1.82, 2.24) is 9.13 Å². The Hall–Kier alpha value is -2.74. The standard InChI is InChI=1S/C24H27FN2O4S/c1-15(2)26-20-11-18(22(28)13-24(4)8-9-32(30,31)14-24)19(25)12-21(20)27(23(26)29)17-7-5-6-16(3)10-17/h5-7,10-12,15H,8-9,13-14H2,1-4H3/t24-/m1/s1. The van der Waals surface area contributed by atoms with Crippen molar-refractivity contribution in [2.45, 2.75) is 46.6 Å². The van der Waals surface area contributed by atoms with Crippen LogP contribution < -0.4 is 5.69 Å². The summed E-state index contributed by atoms with van der Waals surface area (Å²) in [5.41, 5.74) is 1.33. The lowest BCUT2D eigenvalue weighted by Crippen LogP contribution is -2.24. The summed E-state index contributed by atoms with van der Waals surface area (Å²) in [7, 11) is -3.18. The van der Waals surface area contributed by atoms with Crippen molar-refractivity contribution in [3.05, 3.63) is 63.8 Å². The van der Waals surface area contributed by atoms with Crippen molar-refractivity contribution < 1.29 is 17.6 Å². The molecule has 1 atom stereocenters. The fourth-order valence-corrected chi connectivity index (χ4v) is 6.92. The van der Waals surface area contributed by atoms with Gasteiger partial charge in [-0.15, -0.1) is 0 Å². The Bertz CT molecular complexity index is 1400. The predicted molar refractivity (Wildman–Crippen MR) is 123 cm³/mol. The highest BCUT2D eigenvalue weighted by Crippen LogP contribution is 2.37. The smallest absolute Gasteiger partial charge is 0.294 e. The topological polar surface area (TPSA) is 78.1 Å². The Balaban J connectivity index is 1.85. The Morgan fingerprint density at radius 3 is 2.50 bits per heavy atom. The van der Waals surface area contributed by atoms with Crippen LogP contribution in [0.4, 0.5) is 4.39 Å². The molecule has 0 N–H and O–H groups in total. The van der Waals surface area contributed by atoms with Gasteiger partial charge in [0.05, 0.1) is 33.8 Å². The molecule has 0 amide bonds. The second-order valence-corrected chi connectivity index (χ2v) is 11.7. The van der Waals surface area contributed by atoms with Crippen LogP contribution in [-0.4, -0.2) is 34.8 Å². The third-order valence-electron chi connectivity index (χ3n) is 6.21. The van der Waals surface area contributed by atoms with Gasteiger partial charge in [-0.2, -0.15) is 0 Å². The van der Waals surface area contributed by atoms with Gasteiger partial charge in [0.1, 0.15) is 5.82 Å². The number of rotatable bonds is 5. The zero-order valence-electron chi connectivity index (χ0n) is 18.7. The van der Waals surface area contributed by atoms with Crippen LogP contribution in [0, 0.1) is 18.2 Å². The number of hydrogen-bond acceptors (Lipinski definition) is 4. The van der Waals surface area contributed by atoms with E-state index in [2.05, 4.69) is 0 Å². The first-order valence-corrected chi connectivity index (χ1v) is 12.5. The highest BCUT2D eigenvalue weighted by Gasteiger charge is 2.40. The summed E-state index contributed by atoms with van der Waals surface area (Å²) in [6.45, 7) is 7.38. The number of benzene rings is 2. The molecule has 0 saturated carbocycles. The number of aryl methyl sites for hydroxylation is 1. The molecule has 0 unspecified atom stereocenters. The van der Waals surface area contributed by atoms with Gasteiger partial charge in [-0.3, -0.25) is 13.9 Å². The van der Waals surface area contributed by atoms with E-state index in [1.165, 1.54) is 16.7 Å². The van der Waals surface area contributed by atoms with Gasteiger partial charge < -0.3 is 0 Å². The van der Waals surface area contributed by atoms with E-state index in [0.717, 1.165) is 5.56 Å². The highest BCUT2D eigenvalue weighted by atomic mass is 32.2. The second kappa shape index (κ2) is 7.69. The summed E-state index contributed by atoms with van der Waals surface area (Å²) in [5, 5.41) is 0. The van der Waals surface area contributed by atoms with E-state index in [9.17, 15) is 18.0 Å². The van der Waals surface area contributed by atoms with E-state index in [4.69, 9.17) is 0 Å². The van der Waals surface area contributed by atoms with E-state index in [1.807, 2.05) is 39.0 Å². The van der Waals surface area contributed by atoms with Crippen LogP contribution in [0.1, 0.15) is 55.6 Å². The number of aromatic nitrogens is 2. The maximum absolute atomic E-state index is 15.2. The average Bonchev–Trinajstić information content (AvgIpc) is 3.12. The number of ketones is 1. The number of carbonyl (C=O) groups excluding carboxylic acids is 1. The van der Waals surface area contributed by atoms with Gasteiger partial charge in [0.2, 0.25) is 0 Å². The molecule has 1 aliphatic heterocycles. The molecular formula is C24H27FN2O4S. The lowest BCUT2D eigenvalue weighted by atomic mass is 9.83. The van der Waals surface area contributed by atoms with Gasteiger partial charge in [-0.1, -0.05) is 19.1 Å². The van der Waals surface area contributed by atoms with Gasteiger partial charge in [0, 0.05) is 18.5 Å². The number of halogens is 1. The van der Waals surface area contributed by atoms with Gasteiger partial charge >= 0.3 is 5.69 Å². The minimum absolute atomic E-state index is 0.0462. The maximum Gasteiger partial charge on any atom is 0.333 e. The molecule has 8 heteroatoms. The van der Waals surface area contributed by atoms with Crippen LogP contribution in [0.5, 0.6) is 0 Å². The summed E-state index contributed by atoms with van der Waals surface area (Å²) in [6.07, 6.45) is 0.324. The normalized spacial score (nSPS) is 20.3. The van der Waals surface area contributed by atoms with Crippen LogP contribution in [0.2, 0.25) is 0 Å². The first-order valence-electron chi connectivity index (χ1n) is 10.7. The molecule has 1 fully saturated rings. The van der Waals surface area contributed by atoms with E-state index in [-0.39, 0.29) is 35.2 Å². The van der Waals surface area contributed by atoms with Crippen molar-refractivity contribution in [2.75, 3.05) is 11.5 Å². The number of Topliss-reactive ketones (excluding diaryl/α,β-unsaturated/α-hetero) is 1. The molecule has 1 saturated heterocycles. The number of imidazole rings is 1. The minimum atomic E-state index is -3.18. The molecule has 2 aromatic carbocycles. The lowest BCUT2D eigenvalue weighted by molar-refractivity contribution is 0.0930. The fraction of sp³-hybridized carbons (Fsp3) is 0.417. The molecule has 0 radical (unpaired) electrons. The molecule has 4 rings (SSSR count). The molecule has 1 aromatic heterocycles. The molecule has 3 aromatic rings. The zero-order chi connectivity index (χ0) is 23.4. The molecular weight excluding hydrogens is 431 g/mol. The summed E-state index contributed by atoms with van der Waals surface area (Å²) in [4.78, 5) is 26.3. The Labute approximate surface area is 186 Å². The number of carbonyl (C=O) groups is 1. The monoisotopic (exact) mass is 458 g/mol. The van der Waals surface area contributed by atoms with Gasteiger partial charge in [0.15, 0.2) is 15.6 Å². The first-order chi connectivity index (χ1) is 14.9. The Morgan fingerprint density at radius 1 is 1.19 bits per heavy atom. The molecule has 1 aliphatic rings. The average molecular weight is 459 g/mol. The highest BCUT2D eigenvalue weighted by molar-refractivity contribution is 7.91. The fourth-order valence-electron chi connectivity index (χ4n) is 4.67. The first kappa shape index (κ1) is 22.5. The molecule has 0 aliphatic carbocycles. The van der Waals surface area contributed by atoms with Crippen molar-refractivity contribution in [3.8, 4) is 5.69 Å². The van der Waals surface area contributed by atoms with Gasteiger partial charge in [0.25, 0.3) is 0 Å². The molecule has 32 heavy (non-hydrogen) atoms. The van der Waals surface area contributed by atoms with Crippen LogP contribution in [0.25, 0.3) is 16.7 Å². The van der Waals surface area contributed by atoms with E-state index < -0.39 is 26.9 Å². The second-order valence-electron chi connectivity index (χ2n) is 9.49. The molecule has 2 heterocycles. The largest absolute Gasteiger partial charge is 0.333 e. The van der Waals surface area contributed by atoms with Crippen LogP contribution in [0.15, 0.2) is 41.2 Å². The molecule has 6 nitrogen and oxygen atoms in total. The summed E-state index contributed by atoms with van der Waals surface area (Å²) >= 11 is 0.